The molecule has 1 fully saturated rings. The van der Waals surface area contributed by atoms with Crippen molar-refractivity contribution in [1.29, 1.82) is 0 Å². The van der Waals surface area contributed by atoms with E-state index in [1.165, 1.54) is 5.56 Å². The van der Waals surface area contributed by atoms with Gasteiger partial charge in [0, 0.05) is 31.2 Å². The molecule has 98 valence electrons. The Morgan fingerprint density at radius 2 is 2.21 bits per heavy atom. The molecular formula is C15H16N2O2. The molecule has 4 nitrogen and oxygen atoms in total. The number of aliphatic carboxylic acids is 1. The molecule has 19 heavy (non-hydrogen) atoms. The summed E-state index contributed by atoms with van der Waals surface area (Å²) in [6.07, 6.45) is 2.09. The van der Waals surface area contributed by atoms with Crippen LogP contribution >= 0.6 is 0 Å². The molecule has 1 aliphatic rings. The largest absolute Gasteiger partial charge is 0.481 e. The highest BCUT2D eigenvalue weighted by Crippen LogP contribution is 2.22. The number of carboxylic acid groups (broad SMARTS) is 1. The predicted octanol–water partition coefficient (Wildman–Crippen LogP) is 2.14. The molecule has 1 aromatic carbocycles. The van der Waals surface area contributed by atoms with Crippen LogP contribution in [0.5, 0.6) is 0 Å². The molecular weight excluding hydrogens is 240 g/mol. The maximum absolute atomic E-state index is 10.6. The molecule has 4 heteroatoms. The summed E-state index contributed by atoms with van der Waals surface area (Å²) < 4.78 is 0. The fourth-order valence-corrected chi connectivity index (χ4v) is 2.66. The molecule has 0 spiro atoms. The third-order valence-corrected chi connectivity index (χ3v) is 3.57. The second-order valence-corrected chi connectivity index (χ2v) is 5.19. The Kier molecular flexibility index (Phi) is 3.17. The summed E-state index contributed by atoms with van der Waals surface area (Å²) in [4.78, 5) is 17.2. The highest BCUT2D eigenvalue weighted by atomic mass is 16.4. The Labute approximate surface area is 111 Å². The van der Waals surface area contributed by atoms with Crippen molar-refractivity contribution in [3.8, 4) is 0 Å². The van der Waals surface area contributed by atoms with E-state index in [0.29, 0.717) is 5.92 Å². The number of nitrogens with zero attached hydrogens (tertiary/aromatic N) is 2. The summed E-state index contributed by atoms with van der Waals surface area (Å²) >= 11 is 0. The maximum Gasteiger partial charge on any atom is 0.303 e. The van der Waals surface area contributed by atoms with Gasteiger partial charge >= 0.3 is 5.97 Å². The smallest absolute Gasteiger partial charge is 0.303 e. The maximum atomic E-state index is 10.6. The standard InChI is InChI=1S/C15H16N2O2/c18-15(19)7-12-9-17(10-12)8-11-3-4-14-13(6-11)2-1-5-16-14/h1-6,12H,7-10H2,(H,18,19). The Hall–Kier alpha value is -1.94. The van der Waals surface area contributed by atoms with Crippen LogP contribution in [0.2, 0.25) is 0 Å². The van der Waals surface area contributed by atoms with E-state index in [2.05, 4.69) is 28.1 Å². The van der Waals surface area contributed by atoms with E-state index in [1.54, 1.807) is 6.20 Å². The second kappa shape index (κ2) is 4.97. The molecule has 0 radical (unpaired) electrons. The average Bonchev–Trinajstić information content (AvgIpc) is 2.35. The molecule has 0 bridgehead atoms. The van der Waals surface area contributed by atoms with E-state index >= 15 is 0 Å². The zero-order valence-electron chi connectivity index (χ0n) is 10.6. The van der Waals surface area contributed by atoms with Crippen molar-refractivity contribution in [3.63, 3.8) is 0 Å². The first kappa shape index (κ1) is 12.1. The lowest BCUT2D eigenvalue weighted by Crippen LogP contribution is -2.46. The van der Waals surface area contributed by atoms with E-state index in [-0.39, 0.29) is 6.42 Å². The molecule has 0 unspecified atom stereocenters. The Balaban J connectivity index is 1.62. The summed E-state index contributed by atoms with van der Waals surface area (Å²) in [5.41, 5.74) is 2.27. The quantitative estimate of drug-likeness (QED) is 0.910. The van der Waals surface area contributed by atoms with Gasteiger partial charge < -0.3 is 5.11 Å². The molecule has 1 aliphatic heterocycles. The highest BCUT2D eigenvalue weighted by molar-refractivity contribution is 5.78. The third kappa shape index (κ3) is 2.74. The second-order valence-electron chi connectivity index (χ2n) is 5.19. The van der Waals surface area contributed by atoms with Crippen molar-refractivity contribution in [2.24, 2.45) is 5.92 Å². The number of aromatic nitrogens is 1. The molecule has 1 N–H and O–H groups in total. The molecule has 3 rings (SSSR count). The monoisotopic (exact) mass is 256 g/mol. The Bertz CT molecular complexity index is 606. The number of fused-ring (bicyclic) bond motifs is 1. The van der Waals surface area contributed by atoms with Crippen LogP contribution in [0, 0.1) is 5.92 Å². The van der Waals surface area contributed by atoms with Crippen molar-refractivity contribution in [2.45, 2.75) is 13.0 Å². The van der Waals surface area contributed by atoms with Crippen molar-refractivity contribution in [3.05, 3.63) is 42.1 Å². The van der Waals surface area contributed by atoms with Gasteiger partial charge in [0.15, 0.2) is 0 Å². The van der Waals surface area contributed by atoms with E-state index in [1.807, 2.05) is 12.1 Å². The Morgan fingerprint density at radius 3 is 3.00 bits per heavy atom. The minimum absolute atomic E-state index is 0.290. The van der Waals surface area contributed by atoms with Crippen molar-refractivity contribution < 1.29 is 9.90 Å². The summed E-state index contributed by atoms with van der Waals surface area (Å²) in [5, 5.41) is 9.87. The minimum Gasteiger partial charge on any atom is -0.481 e. The van der Waals surface area contributed by atoms with Gasteiger partial charge in [-0.3, -0.25) is 14.7 Å². The van der Waals surface area contributed by atoms with Crippen LogP contribution in [0.25, 0.3) is 10.9 Å². The van der Waals surface area contributed by atoms with Gasteiger partial charge in [-0.15, -0.1) is 0 Å². The normalized spacial score (nSPS) is 16.4. The fraction of sp³-hybridized carbons (Fsp3) is 0.333. The van der Waals surface area contributed by atoms with Gasteiger partial charge in [-0.2, -0.15) is 0 Å². The lowest BCUT2D eigenvalue weighted by molar-refractivity contribution is -0.139. The van der Waals surface area contributed by atoms with Crippen molar-refractivity contribution >= 4 is 16.9 Å². The summed E-state index contributed by atoms with van der Waals surface area (Å²) in [7, 11) is 0. The number of carboxylic acids is 1. The number of hydrogen-bond donors (Lipinski definition) is 1. The fourth-order valence-electron chi connectivity index (χ4n) is 2.66. The number of rotatable bonds is 4. The molecule has 2 aromatic rings. The van der Waals surface area contributed by atoms with Crippen LogP contribution < -0.4 is 0 Å². The number of hydrogen-bond acceptors (Lipinski definition) is 3. The molecule has 0 saturated carbocycles. The van der Waals surface area contributed by atoms with Crippen LogP contribution in [0.4, 0.5) is 0 Å². The third-order valence-electron chi connectivity index (χ3n) is 3.57. The van der Waals surface area contributed by atoms with E-state index in [4.69, 9.17) is 5.11 Å². The number of carbonyl (C=O) groups is 1. The van der Waals surface area contributed by atoms with Crippen molar-refractivity contribution in [2.75, 3.05) is 13.1 Å². The SMILES string of the molecule is O=C(O)CC1CN(Cc2ccc3ncccc3c2)C1. The van der Waals surface area contributed by atoms with E-state index in [9.17, 15) is 4.79 Å². The van der Waals surface area contributed by atoms with Crippen LogP contribution in [0.1, 0.15) is 12.0 Å². The van der Waals surface area contributed by atoms with Crippen molar-refractivity contribution in [1.82, 2.24) is 9.88 Å². The summed E-state index contributed by atoms with van der Waals surface area (Å²) in [6, 6.07) is 10.3. The zero-order valence-corrected chi connectivity index (χ0v) is 10.6. The van der Waals surface area contributed by atoms with E-state index < -0.39 is 5.97 Å². The van der Waals surface area contributed by atoms with Gasteiger partial charge in [0.05, 0.1) is 11.9 Å². The number of pyridine rings is 1. The summed E-state index contributed by atoms with van der Waals surface area (Å²) in [6.45, 7) is 2.66. The first-order chi connectivity index (χ1) is 9.20. The predicted molar refractivity (Wildman–Crippen MR) is 72.8 cm³/mol. The molecule has 0 aliphatic carbocycles. The highest BCUT2D eigenvalue weighted by Gasteiger charge is 2.28. The number of benzene rings is 1. The first-order valence-electron chi connectivity index (χ1n) is 6.48. The Morgan fingerprint density at radius 1 is 1.37 bits per heavy atom. The van der Waals surface area contributed by atoms with Gasteiger partial charge in [0.2, 0.25) is 0 Å². The molecule has 1 saturated heterocycles. The van der Waals surface area contributed by atoms with Gasteiger partial charge in [-0.1, -0.05) is 12.1 Å². The van der Waals surface area contributed by atoms with Crippen LogP contribution in [0.3, 0.4) is 0 Å². The molecule has 0 atom stereocenters. The van der Waals surface area contributed by atoms with Crippen LogP contribution in [-0.4, -0.2) is 34.0 Å². The molecule has 2 heterocycles. The van der Waals surface area contributed by atoms with E-state index in [0.717, 1.165) is 30.5 Å². The van der Waals surface area contributed by atoms with Crippen LogP contribution in [0.15, 0.2) is 36.5 Å². The zero-order chi connectivity index (χ0) is 13.2. The lowest BCUT2D eigenvalue weighted by atomic mass is 9.95. The summed E-state index contributed by atoms with van der Waals surface area (Å²) in [5.74, 6) is -0.374. The first-order valence-corrected chi connectivity index (χ1v) is 6.48. The average molecular weight is 256 g/mol. The van der Waals surface area contributed by atoms with Gasteiger partial charge in [0.1, 0.15) is 0 Å². The van der Waals surface area contributed by atoms with Gasteiger partial charge in [-0.05, 0) is 29.7 Å². The number of likely N-dealkylation sites (tertiary alicyclic amines) is 1. The molecule has 0 amide bonds. The molecule has 1 aromatic heterocycles. The van der Waals surface area contributed by atoms with Gasteiger partial charge in [-0.25, -0.2) is 0 Å². The topological polar surface area (TPSA) is 53.4 Å². The van der Waals surface area contributed by atoms with Crippen LogP contribution in [-0.2, 0) is 11.3 Å². The lowest BCUT2D eigenvalue weighted by Gasteiger charge is -2.38. The van der Waals surface area contributed by atoms with Gasteiger partial charge in [0.25, 0.3) is 0 Å². The minimum atomic E-state index is -0.693.